The molecule has 1 heterocycles. The molecule has 0 radical (unpaired) electrons. The zero-order chi connectivity index (χ0) is 10.5. The van der Waals surface area contributed by atoms with E-state index < -0.39 is 0 Å². The molecule has 15 heavy (non-hydrogen) atoms. The van der Waals surface area contributed by atoms with Gasteiger partial charge in [-0.15, -0.1) is 0 Å². The third-order valence-electron chi connectivity index (χ3n) is 2.43. The Morgan fingerprint density at radius 3 is 2.93 bits per heavy atom. The Kier molecular flexibility index (Phi) is 3.59. The number of rotatable bonds is 6. The van der Waals surface area contributed by atoms with Crippen molar-refractivity contribution in [2.45, 2.75) is 18.9 Å². The molecule has 1 N–H and O–H groups in total. The van der Waals surface area contributed by atoms with Crippen molar-refractivity contribution >= 4 is 0 Å². The number of para-hydroxylation sites is 1. The first-order valence-electron chi connectivity index (χ1n) is 5.32. The Morgan fingerprint density at radius 1 is 1.40 bits per heavy atom. The molecule has 1 aromatic rings. The van der Waals surface area contributed by atoms with Gasteiger partial charge in [-0.25, -0.2) is 0 Å². The Labute approximate surface area is 89.6 Å². The predicted octanol–water partition coefficient (Wildman–Crippen LogP) is 1.74. The fourth-order valence-electron chi connectivity index (χ4n) is 1.47. The summed E-state index contributed by atoms with van der Waals surface area (Å²) in [7, 11) is 0. The van der Waals surface area contributed by atoms with Crippen LogP contribution in [0.5, 0.6) is 5.75 Å². The highest BCUT2D eigenvalue weighted by Gasteiger charge is 2.21. The van der Waals surface area contributed by atoms with E-state index in [0.29, 0.717) is 18.5 Å². The molecule has 1 aliphatic heterocycles. The summed E-state index contributed by atoms with van der Waals surface area (Å²) in [6, 6.07) is 7.43. The van der Waals surface area contributed by atoms with Gasteiger partial charge in [0.05, 0.1) is 13.2 Å². The van der Waals surface area contributed by atoms with Crippen LogP contribution < -0.4 is 0 Å². The van der Waals surface area contributed by atoms with E-state index in [4.69, 9.17) is 9.47 Å². The summed E-state index contributed by atoms with van der Waals surface area (Å²) in [4.78, 5) is 0. The van der Waals surface area contributed by atoms with E-state index >= 15 is 0 Å². The van der Waals surface area contributed by atoms with Crippen molar-refractivity contribution in [3.05, 3.63) is 29.8 Å². The van der Waals surface area contributed by atoms with Crippen molar-refractivity contribution in [1.82, 2.24) is 0 Å². The molecular weight excluding hydrogens is 192 g/mol. The summed E-state index contributed by atoms with van der Waals surface area (Å²) >= 11 is 0. The molecule has 3 nitrogen and oxygen atoms in total. The maximum Gasteiger partial charge on any atom is 0.118 e. The van der Waals surface area contributed by atoms with Gasteiger partial charge in [-0.05, 0) is 24.5 Å². The Morgan fingerprint density at radius 2 is 2.20 bits per heavy atom. The van der Waals surface area contributed by atoms with E-state index in [1.54, 1.807) is 6.07 Å². The summed E-state index contributed by atoms with van der Waals surface area (Å²) in [5.41, 5.74) is 0.990. The highest BCUT2D eigenvalue weighted by Crippen LogP contribution is 2.17. The number of aromatic hydroxyl groups is 1. The standard InChI is InChI=1S/C12H16O3/c13-12-6-2-1-4-10(12)5-3-7-14-8-11-9-15-11/h1-2,4,6,11,13H,3,5,7-9H2. The lowest BCUT2D eigenvalue weighted by molar-refractivity contribution is 0.114. The molecule has 0 bridgehead atoms. The Hall–Kier alpha value is -1.06. The van der Waals surface area contributed by atoms with Crippen molar-refractivity contribution in [2.75, 3.05) is 19.8 Å². The summed E-state index contributed by atoms with van der Waals surface area (Å²) in [5, 5.41) is 9.50. The molecule has 0 saturated carbocycles. The number of ether oxygens (including phenoxy) is 2. The van der Waals surface area contributed by atoms with Gasteiger partial charge in [-0.1, -0.05) is 18.2 Å². The van der Waals surface area contributed by atoms with Gasteiger partial charge in [0.1, 0.15) is 11.9 Å². The molecule has 1 fully saturated rings. The molecule has 0 spiro atoms. The van der Waals surface area contributed by atoms with Gasteiger partial charge >= 0.3 is 0 Å². The topological polar surface area (TPSA) is 42.0 Å². The van der Waals surface area contributed by atoms with Crippen LogP contribution in [-0.4, -0.2) is 31.0 Å². The molecule has 1 saturated heterocycles. The fourth-order valence-corrected chi connectivity index (χ4v) is 1.47. The van der Waals surface area contributed by atoms with Crippen LogP contribution in [0.3, 0.4) is 0 Å². The summed E-state index contributed by atoms with van der Waals surface area (Å²) in [5.74, 6) is 0.378. The lowest BCUT2D eigenvalue weighted by atomic mass is 10.1. The molecular formula is C12H16O3. The van der Waals surface area contributed by atoms with E-state index in [1.165, 1.54) is 0 Å². The highest BCUT2D eigenvalue weighted by molar-refractivity contribution is 5.31. The average molecular weight is 208 g/mol. The van der Waals surface area contributed by atoms with Crippen LogP contribution >= 0.6 is 0 Å². The van der Waals surface area contributed by atoms with Gasteiger partial charge < -0.3 is 14.6 Å². The molecule has 1 aromatic carbocycles. The minimum absolute atomic E-state index is 0.343. The number of hydrogen-bond acceptors (Lipinski definition) is 3. The van der Waals surface area contributed by atoms with Crippen molar-refractivity contribution in [3.63, 3.8) is 0 Å². The number of phenolic OH excluding ortho intramolecular Hbond substituents is 1. The van der Waals surface area contributed by atoms with Crippen LogP contribution in [0, 0.1) is 0 Å². The maximum absolute atomic E-state index is 9.50. The number of hydrogen-bond donors (Lipinski definition) is 1. The first-order chi connectivity index (χ1) is 7.36. The molecule has 3 heteroatoms. The first kappa shape index (κ1) is 10.5. The second-order valence-electron chi connectivity index (χ2n) is 3.76. The number of phenols is 1. The van der Waals surface area contributed by atoms with Crippen LogP contribution in [0.1, 0.15) is 12.0 Å². The Bertz CT molecular complexity index is 307. The molecule has 0 amide bonds. The van der Waals surface area contributed by atoms with E-state index in [2.05, 4.69) is 0 Å². The van der Waals surface area contributed by atoms with Crippen LogP contribution in [0.2, 0.25) is 0 Å². The van der Waals surface area contributed by atoms with Crippen LogP contribution in [0.4, 0.5) is 0 Å². The summed E-state index contributed by atoms with van der Waals surface area (Å²) < 4.78 is 10.4. The van der Waals surface area contributed by atoms with Crippen LogP contribution in [-0.2, 0) is 15.9 Å². The average Bonchev–Trinajstić information content (AvgIpc) is 3.04. The third-order valence-corrected chi connectivity index (χ3v) is 2.43. The van der Waals surface area contributed by atoms with Gasteiger partial charge in [-0.2, -0.15) is 0 Å². The van der Waals surface area contributed by atoms with Crippen molar-refractivity contribution in [2.24, 2.45) is 0 Å². The van der Waals surface area contributed by atoms with Crippen molar-refractivity contribution in [1.29, 1.82) is 0 Å². The SMILES string of the molecule is Oc1ccccc1CCCOCC1CO1. The second kappa shape index (κ2) is 5.14. The van der Waals surface area contributed by atoms with Gasteiger partial charge in [0.2, 0.25) is 0 Å². The minimum atomic E-state index is 0.343. The molecule has 82 valence electrons. The number of benzene rings is 1. The monoisotopic (exact) mass is 208 g/mol. The van der Waals surface area contributed by atoms with Crippen molar-refractivity contribution in [3.8, 4) is 5.75 Å². The number of epoxide rings is 1. The minimum Gasteiger partial charge on any atom is -0.508 e. The van der Waals surface area contributed by atoms with E-state index in [0.717, 1.165) is 31.6 Å². The predicted molar refractivity (Wildman–Crippen MR) is 57.0 cm³/mol. The van der Waals surface area contributed by atoms with Gasteiger partial charge in [-0.3, -0.25) is 0 Å². The Balaban J connectivity index is 1.62. The summed E-state index contributed by atoms with van der Waals surface area (Å²) in [6.07, 6.45) is 2.14. The molecule has 1 unspecified atom stereocenters. The van der Waals surface area contributed by atoms with Crippen LogP contribution in [0.15, 0.2) is 24.3 Å². The van der Waals surface area contributed by atoms with E-state index in [1.807, 2.05) is 18.2 Å². The summed E-state index contributed by atoms with van der Waals surface area (Å²) in [6.45, 7) is 2.29. The molecule has 0 aromatic heterocycles. The van der Waals surface area contributed by atoms with Crippen molar-refractivity contribution < 1.29 is 14.6 Å². The van der Waals surface area contributed by atoms with E-state index in [-0.39, 0.29) is 0 Å². The first-order valence-corrected chi connectivity index (χ1v) is 5.32. The smallest absolute Gasteiger partial charge is 0.118 e. The quantitative estimate of drug-likeness (QED) is 0.572. The molecule has 0 aliphatic carbocycles. The normalized spacial score (nSPS) is 19.1. The molecule has 1 aliphatic rings. The van der Waals surface area contributed by atoms with Gasteiger partial charge in [0, 0.05) is 6.61 Å². The zero-order valence-corrected chi connectivity index (χ0v) is 8.69. The zero-order valence-electron chi connectivity index (χ0n) is 8.69. The van der Waals surface area contributed by atoms with Gasteiger partial charge in [0.25, 0.3) is 0 Å². The largest absolute Gasteiger partial charge is 0.508 e. The second-order valence-corrected chi connectivity index (χ2v) is 3.76. The fraction of sp³-hybridized carbons (Fsp3) is 0.500. The van der Waals surface area contributed by atoms with E-state index in [9.17, 15) is 5.11 Å². The lowest BCUT2D eigenvalue weighted by Gasteiger charge is -2.04. The molecule has 2 rings (SSSR count). The molecule has 1 atom stereocenters. The lowest BCUT2D eigenvalue weighted by Crippen LogP contribution is -2.03. The van der Waals surface area contributed by atoms with Gasteiger partial charge in [0.15, 0.2) is 0 Å². The highest BCUT2D eigenvalue weighted by atomic mass is 16.6. The number of aryl methyl sites for hydroxylation is 1. The maximum atomic E-state index is 9.50. The third kappa shape index (κ3) is 3.53. The van der Waals surface area contributed by atoms with Crippen LogP contribution in [0.25, 0.3) is 0 Å².